The summed E-state index contributed by atoms with van der Waals surface area (Å²) in [6.07, 6.45) is 0. The standard InChI is InChI=1S/C12H10FN3O2/c13-8-3-1-7(2-4-8)9-10(17)15-12-14-5-6-16(12)11(9)18/h1-4,17H,5-6H2,(H,14,15). The van der Waals surface area contributed by atoms with Gasteiger partial charge in [-0.25, -0.2) is 4.39 Å². The molecule has 1 aromatic heterocycles. The molecule has 1 aromatic carbocycles. The van der Waals surface area contributed by atoms with Gasteiger partial charge in [-0.1, -0.05) is 12.1 Å². The second kappa shape index (κ2) is 3.83. The van der Waals surface area contributed by atoms with E-state index in [4.69, 9.17) is 0 Å². The number of rotatable bonds is 1. The summed E-state index contributed by atoms with van der Waals surface area (Å²) in [5.41, 5.74) is 0.227. The minimum Gasteiger partial charge on any atom is -0.493 e. The second-order valence-electron chi connectivity index (χ2n) is 4.02. The zero-order valence-electron chi connectivity index (χ0n) is 9.35. The summed E-state index contributed by atoms with van der Waals surface area (Å²) < 4.78 is 14.3. The Bertz CT molecular complexity index is 664. The van der Waals surface area contributed by atoms with E-state index in [1.54, 1.807) is 0 Å². The lowest BCUT2D eigenvalue weighted by atomic mass is 10.1. The third-order valence-electron chi connectivity index (χ3n) is 2.90. The Kier molecular flexibility index (Phi) is 2.29. The van der Waals surface area contributed by atoms with Crippen LogP contribution in [0.25, 0.3) is 11.1 Å². The van der Waals surface area contributed by atoms with Crippen LogP contribution in [0.2, 0.25) is 0 Å². The van der Waals surface area contributed by atoms with E-state index in [1.165, 1.54) is 28.8 Å². The van der Waals surface area contributed by atoms with Gasteiger partial charge in [-0.2, -0.15) is 4.98 Å². The van der Waals surface area contributed by atoms with Crippen LogP contribution in [-0.2, 0) is 6.54 Å². The molecule has 0 saturated carbocycles. The fourth-order valence-electron chi connectivity index (χ4n) is 2.03. The topological polar surface area (TPSA) is 67.1 Å². The molecular weight excluding hydrogens is 237 g/mol. The summed E-state index contributed by atoms with van der Waals surface area (Å²) in [6.45, 7) is 1.12. The van der Waals surface area contributed by atoms with Gasteiger partial charge >= 0.3 is 0 Å². The number of aromatic hydroxyl groups is 1. The first-order chi connectivity index (χ1) is 8.66. The van der Waals surface area contributed by atoms with Crippen molar-refractivity contribution < 1.29 is 9.50 Å². The monoisotopic (exact) mass is 247 g/mol. The summed E-state index contributed by atoms with van der Waals surface area (Å²) in [4.78, 5) is 16.1. The molecule has 2 heterocycles. The largest absolute Gasteiger partial charge is 0.493 e. The predicted octanol–water partition coefficient (Wildman–Crippen LogP) is 1.18. The van der Waals surface area contributed by atoms with E-state index in [-0.39, 0.29) is 17.0 Å². The van der Waals surface area contributed by atoms with E-state index in [1.807, 2.05) is 0 Å². The van der Waals surface area contributed by atoms with E-state index in [0.29, 0.717) is 24.6 Å². The maximum Gasteiger partial charge on any atom is 0.266 e. The fourth-order valence-corrected chi connectivity index (χ4v) is 2.03. The van der Waals surface area contributed by atoms with Crippen molar-refractivity contribution in [2.24, 2.45) is 0 Å². The maximum atomic E-state index is 12.9. The molecule has 3 rings (SSSR count). The quantitative estimate of drug-likeness (QED) is 0.794. The van der Waals surface area contributed by atoms with Crippen LogP contribution in [0.4, 0.5) is 10.3 Å². The number of hydrogen-bond donors (Lipinski definition) is 2. The van der Waals surface area contributed by atoms with Crippen molar-refractivity contribution in [1.29, 1.82) is 0 Å². The molecule has 0 spiro atoms. The van der Waals surface area contributed by atoms with Crippen molar-refractivity contribution >= 4 is 5.95 Å². The Hall–Kier alpha value is -2.37. The lowest BCUT2D eigenvalue weighted by Crippen LogP contribution is -2.20. The van der Waals surface area contributed by atoms with Gasteiger partial charge in [-0.15, -0.1) is 0 Å². The third kappa shape index (κ3) is 1.54. The van der Waals surface area contributed by atoms with Crippen LogP contribution < -0.4 is 10.9 Å². The van der Waals surface area contributed by atoms with E-state index in [9.17, 15) is 14.3 Å². The lowest BCUT2D eigenvalue weighted by Gasteiger charge is -2.07. The molecule has 1 aliphatic heterocycles. The van der Waals surface area contributed by atoms with Gasteiger partial charge in [0.05, 0.1) is 0 Å². The van der Waals surface area contributed by atoms with Gasteiger partial charge in [-0.3, -0.25) is 9.36 Å². The van der Waals surface area contributed by atoms with E-state index in [2.05, 4.69) is 10.3 Å². The van der Waals surface area contributed by atoms with Crippen molar-refractivity contribution in [3.63, 3.8) is 0 Å². The van der Waals surface area contributed by atoms with Crippen LogP contribution >= 0.6 is 0 Å². The van der Waals surface area contributed by atoms with Gasteiger partial charge in [0.1, 0.15) is 11.4 Å². The van der Waals surface area contributed by atoms with Crippen molar-refractivity contribution in [3.8, 4) is 17.0 Å². The molecule has 0 aliphatic carbocycles. The lowest BCUT2D eigenvalue weighted by molar-refractivity contribution is 0.452. The molecule has 0 atom stereocenters. The molecular formula is C12H10FN3O2. The van der Waals surface area contributed by atoms with Crippen molar-refractivity contribution in [1.82, 2.24) is 9.55 Å². The Balaban J connectivity index is 2.24. The second-order valence-corrected chi connectivity index (χ2v) is 4.02. The Morgan fingerprint density at radius 1 is 1.33 bits per heavy atom. The smallest absolute Gasteiger partial charge is 0.266 e. The summed E-state index contributed by atoms with van der Waals surface area (Å²) in [5.74, 6) is -0.371. The average molecular weight is 247 g/mol. The zero-order chi connectivity index (χ0) is 12.7. The molecule has 6 heteroatoms. The van der Waals surface area contributed by atoms with E-state index >= 15 is 0 Å². The van der Waals surface area contributed by atoms with Crippen LogP contribution in [0.1, 0.15) is 0 Å². The van der Waals surface area contributed by atoms with Crippen molar-refractivity contribution in [2.45, 2.75) is 6.54 Å². The summed E-state index contributed by atoms with van der Waals surface area (Å²) in [6, 6.07) is 5.38. The van der Waals surface area contributed by atoms with Crippen LogP contribution in [0.5, 0.6) is 5.88 Å². The average Bonchev–Trinajstić information content (AvgIpc) is 2.80. The molecule has 0 radical (unpaired) electrons. The molecule has 0 saturated heterocycles. The Morgan fingerprint density at radius 3 is 2.78 bits per heavy atom. The van der Waals surface area contributed by atoms with Crippen molar-refractivity contribution in [3.05, 3.63) is 40.4 Å². The van der Waals surface area contributed by atoms with Gasteiger partial charge in [-0.05, 0) is 17.7 Å². The number of anilines is 1. The van der Waals surface area contributed by atoms with Crippen LogP contribution in [0, 0.1) is 5.82 Å². The molecule has 5 nitrogen and oxygen atoms in total. The molecule has 1 aliphatic rings. The number of nitrogens with zero attached hydrogens (tertiary/aromatic N) is 2. The molecule has 92 valence electrons. The molecule has 2 aromatic rings. The summed E-state index contributed by atoms with van der Waals surface area (Å²) in [5, 5.41) is 12.7. The molecule has 18 heavy (non-hydrogen) atoms. The number of aromatic nitrogens is 2. The van der Waals surface area contributed by atoms with Gasteiger partial charge in [0.2, 0.25) is 11.8 Å². The first-order valence-electron chi connectivity index (χ1n) is 5.50. The first kappa shape index (κ1) is 10.8. The molecule has 0 bridgehead atoms. The highest BCUT2D eigenvalue weighted by molar-refractivity contribution is 5.68. The first-order valence-corrected chi connectivity index (χ1v) is 5.50. The van der Waals surface area contributed by atoms with Gasteiger partial charge < -0.3 is 10.4 Å². The SMILES string of the molecule is O=c1c(-c2ccc(F)cc2)c(O)nc2n1CCN2. The minimum absolute atomic E-state index is 0.0995. The van der Waals surface area contributed by atoms with Gasteiger partial charge in [0.15, 0.2) is 0 Å². The van der Waals surface area contributed by atoms with Gasteiger partial charge in [0, 0.05) is 13.1 Å². The maximum absolute atomic E-state index is 12.9. The number of hydrogen-bond acceptors (Lipinski definition) is 4. The highest BCUT2D eigenvalue weighted by Gasteiger charge is 2.20. The predicted molar refractivity (Wildman–Crippen MR) is 64.0 cm³/mol. The van der Waals surface area contributed by atoms with Crippen molar-refractivity contribution in [2.75, 3.05) is 11.9 Å². The van der Waals surface area contributed by atoms with E-state index < -0.39 is 5.82 Å². The third-order valence-corrected chi connectivity index (χ3v) is 2.90. The summed E-state index contributed by atoms with van der Waals surface area (Å²) in [7, 11) is 0. The Morgan fingerprint density at radius 2 is 2.06 bits per heavy atom. The van der Waals surface area contributed by atoms with Crippen LogP contribution in [0.3, 0.4) is 0 Å². The molecule has 0 amide bonds. The number of fused-ring (bicyclic) bond motifs is 1. The number of nitrogens with one attached hydrogen (secondary N) is 1. The van der Waals surface area contributed by atoms with Crippen LogP contribution in [0.15, 0.2) is 29.1 Å². The zero-order valence-corrected chi connectivity index (χ0v) is 9.35. The van der Waals surface area contributed by atoms with Crippen LogP contribution in [-0.4, -0.2) is 21.2 Å². The fraction of sp³-hybridized carbons (Fsp3) is 0.167. The highest BCUT2D eigenvalue weighted by atomic mass is 19.1. The van der Waals surface area contributed by atoms with Gasteiger partial charge in [0.25, 0.3) is 5.56 Å². The number of benzene rings is 1. The minimum atomic E-state index is -0.394. The Labute approximate surface area is 102 Å². The molecule has 2 N–H and O–H groups in total. The molecule has 0 fully saturated rings. The normalized spacial score (nSPS) is 13.2. The van der Waals surface area contributed by atoms with E-state index in [0.717, 1.165) is 0 Å². The highest BCUT2D eigenvalue weighted by Crippen LogP contribution is 2.26. The number of halogens is 1. The summed E-state index contributed by atoms with van der Waals surface area (Å²) >= 11 is 0. The molecule has 0 unspecified atom stereocenters.